The minimum Gasteiger partial charge on any atom is -0.378 e. The van der Waals surface area contributed by atoms with Crippen LogP contribution in [0.15, 0.2) is 29.4 Å². The van der Waals surface area contributed by atoms with E-state index in [9.17, 15) is 4.79 Å². The summed E-state index contributed by atoms with van der Waals surface area (Å²) >= 11 is 1.15. The number of morpholine rings is 1. The van der Waals surface area contributed by atoms with Crippen molar-refractivity contribution < 1.29 is 9.53 Å². The van der Waals surface area contributed by atoms with E-state index in [0.29, 0.717) is 5.16 Å². The van der Waals surface area contributed by atoms with Crippen LogP contribution in [-0.4, -0.2) is 52.9 Å². The van der Waals surface area contributed by atoms with Crippen molar-refractivity contribution in [2.75, 3.05) is 53.7 Å². The van der Waals surface area contributed by atoms with Gasteiger partial charge in [-0.1, -0.05) is 11.8 Å². The average molecular weight is 361 g/mol. The summed E-state index contributed by atoms with van der Waals surface area (Å²) in [5.41, 5.74) is 12.8. The molecule has 1 aliphatic rings. The molecule has 0 radical (unpaired) electrons. The lowest BCUT2D eigenvalue weighted by atomic mass is 10.2. The maximum atomic E-state index is 12.0. The molecule has 0 saturated carbocycles. The second-order valence-corrected chi connectivity index (χ2v) is 6.26. The van der Waals surface area contributed by atoms with Gasteiger partial charge in [0.1, 0.15) is 0 Å². The normalized spacial score (nSPS) is 14.3. The second kappa shape index (κ2) is 7.99. The van der Waals surface area contributed by atoms with E-state index in [1.807, 2.05) is 24.3 Å². The van der Waals surface area contributed by atoms with Crippen LogP contribution in [0.4, 0.5) is 23.3 Å². The number of nitrogens with one attached hydrogen (secondary N) is 1. The van der Waals surface area contributed by atoms with Gasteiger partial charge in [-0.2, -0.15) is 15.0 Å². The van der Waals surface area contributed by atoms with Crippen LogP contribution in [-0.2, 0) is 9.53 Å². The van der Waals surface area contributed by atoms with E-state index >= 15 is 0 Å². The fourth-order valence-electron chi connectivity index (χ4n) is 2.36. The van der Waals surface area contributed by atoms with Crippen LogP contribution in [0.5, 0.6) is 0 Å². The van der Waals surface area contributed by atoms with Gasteiger partial charge in [0.15, 0.2) is 5.16 Å². The van der Waals surface area contributed by atoms with Crippen molar-refractivity contribution in [3.8, 4) is 0 Å². The van der Waals surface area contributed by atoms with Crippen LogP contribution in [0, 0.1) is 0 Å². The van der Waals surface area contributed by atoms with Gasteiger partial charge in [0.05, 0.1) is 19.0 Å². The molecule has 0 spiro atoms. The molecule has 0 bridgehead atoms. The lowest BCUT2D eigenvalue weighted by Gasteiger charge is -2.28. The molecule has 1 saturated heterocycles. The molecule has 5 N–H and O–H groups in total. The molecule has 0 atom stereocenters. The number of nitrogen functional groups attached to an aromatic ring is 2. The van der Waals surface area contributed by atoms with Crippen LogP contribution in [0.25, 0.3) is 0 Å². The summed E-state index contributed by atoms with van der Waals surface area (Å²) in [6.07, 6.45) is 0. The Kier molecular flexibility index (Phi) is 5.51. The fraction of sp³-hybridized carbons (Fsp3) is 0.333. The van der Waals surface area contributed by atoms with E-state index in [4.69, 9.17) is 16.2 Å². The summed E-state index contributed by atoms with van der Waals surface area (Å²) in [6.45, 7) is 3.23. The maximum absolute atomic E-state index is 12.0. The molecular formula is C15H19N7O2S. The van der Waals surface area contributed by atoms with Crippen LogP contribution >= 0.6 is 11.8 Å². The molecule has 1 aromatic carbocycles. The highest BCUT2D eigenvalue weighted by atomic mass is 32.2. The highest BCUT2D eigenvalue weighted by molar-refractivity contribution is 7.99. The maximum Gasteiger partial charge on any atom is 0.234 e. The number of hydrogen-bond acceptors (Lipinski definition) is 9. The molecule has 9 nitrogen and oxygen atoms in total. The third kappa shape index (κ3) is 4.94. The van der Waals surface area contributed by atoms with Crippen LogP contribution in [0.3, 0.4) is 0 Å². The smallest absolute Gasteiger partial charge is 0.234 e. The summed E-state index contributed by atoms with van der Waals surface area (Å²) in [4.78, 5) is 25.8. The largest absolute Gasteiger partial charge is 0.378 e. The number of anilines is 4. The van der Waals surface area contributed by atoms with Crippen molar-refractivity contribution in [3.63, 3.8) is 0 Å². The number of rotatable bonds is 5. The van der Waals surface area contributed by atoms with Crippen molar-refractivity contribution in [2.45, 2.75) is 5.16 Å². The highest BCUT2D eigenvalue weighted by Gasteiger charge is 2.11. The lowest BCUT2D eigenvalue weighted by Crippen LogP contribution is -2.36. The minimum atomic E-state index is -0.165. The first-order valence-corrected chi connectivity index (χ1v) is 8.71. The number of carbonyl (C=O) groups is 1. The Balaban J connectivity index is 1.52. The van der Waals surface area contributed by atoms with E-state index in [1.54, 1.807) is 0 Å². The molecule has 0 aliphatic carbocycles. The number of thioether (sulfide) groups is 1. The highest BCUT2D eigenvalue weighted by Crippen LogP contribution is 2.20. The Morgan fingerprint density at radius 2 is 1.76 bits per heavy atom. The number of nitrogens with zero attached hydrogens (tertiary/aromatic N) is 4. The number of nitrogens with two attached hydrogens (primary N) is 2. The average Bonchev–Trinajstić information content (AvgIpc) is 2.61. The SMILES string of the molecule is Nc1nc(N)nc(SCC(=O)Nc2ccc(N3CCOCC3)cc2)n1. The second-order valence-electron chi connectivity index (χ2n) is 5.32. The Labute approximate surface area is 149 Å². The molecule has 132 valence electrons. The van der Waals surface area contributed by atoms with Crippen molar-refractivity contribution in [1.29, 1.82) is 0 Å². The van der Waals surface area contributed by atoms with Crippen molar-refractivity contribution >= 4 is 40.9 Å². The van der Waals surface area contributed by atoms with Crippen LogP contribution in [0.2, 0.25) is 0 Å². The summed E-state index contributed by atoms with van der Waals surface area (Å²) < 4.78 is 5.34. The molecule has 10 heteroatoms. The van der Waals surface area contributed by atoms with Gasteiger partial charge in [-0.05, 0) is 24.3 Å². The van der Waals surface area contributed by atoms with Gasteiger partial charge in [-0.15, -0.1) is 0 Å². The first-order chi connectivity index (χ1) is 12.1. The lowest BCUT2D eigenvalue weighted by molar-refractivity contribution is -0.113. The Bertz CT molecular complexity index is 715. The predicted octanol–water partition coefficient (Wildman–Crippen LogP) is 0.603. The van der Waals surface area contributed by atoms with E-state index in [-0.39, 0.29) is 23.6 Å². The molecule has 2 aromatic rings. The first-order valence-electron chi connectivity index (χ1n) is 7.72. The van der Waals surface area contributed by atoms with E-state index < -0.39 is 0 Å². The molecule has 0 unspecified atom stereocenters. The van der Waals surface area contributed by atoms with Crippen molar-refractivity contribution in [1.82, 2.24) is 15.0 Å². The van der Waals surface area contributed by atoms with Crippen molar-refractivity contribution in [2.24, 2.45) is 0 Å². The number of ether oxygens (including phenoxy) is 1. The molecule has 1 aliphatic heterocycles. The quantitative estimate of drug-likeness (QED) is 0.655. The molecular weight excluding hydrogens is 342 g/mol. The summed E-state index contributed by atoms with van der Waals surface area (Å²) in [5.74, 6) is 0.0542. The summed E-state index contributed by atoms with van der Waals surface area (Å²) in [5, 5.41) is 3.16. The zero-order valence-electron chi connectivity index (χ0n) is 13.5. The minimum absolute atomic E-state index is 0.0362. The fourth-order valence-corrected chi connectivity index (χ4v) is 3.01. The number of aromatic nitrogens is 3. The van der Waals surface area contributed by atoms with E-state index in [2.05, 4.69) is 25.2 Å². The number of amides is 1. The van der Waals surface area contributed by atoms with Gasteiger partial charge in [-0.3, -0.25) is 4.79 Å². The number of hydrogen-bond donors (Lipinski definition) is 3. The van der Waals surface area contributed by atoms with Crippen LogP contribution in [0.1, 0.15) is 0 Å². The Morgan fingerprint density at radius 1 is 1.12 bits per heavy atom. The monoisotopic (exact) mass is 361 g/mol. The first kappa shape index (κ1) is 17.2. The molecule has 2 heterocycles. The third-order valence-corrected chi connectivity index (χ3v) is 4.36. The van der Waals surface area contributed by atoms with Gasteiger partial charge in [-0.25, -0.2) is 0 Å². The zero-order chi connectivity index (χ0) is 17.6. The third-order valence-electron chi connectivity index (χ3n) is 3.51. The predicted molar refractivity (Wildman–Crippen MR) is 97.5 cm³/mol. The standard InChI is InChI=1S/C15H19N7O2S/c16-13-19-14(17)21-15(20-13)25-9-12(23)18-10-1-3-11(4-2-10)22-5-7-24-8-6-22/h1-4H,5-9H2,(H,18,23)(H4,16,17,19,20,21). The Hall–Kier alpha value is -2.59. The topological polar surface area (TPSA) is 132 Å². The molecule has 1 amide bonds. The van der Waals surface area contributed by atoms with E-state index in [1.165, 1.54) is 0 Å². The van der Waals surface area contributed by atoms with Gasteiger partial charge in [0.2, 0.25) is 17.8 Å². The Morgan fingerprint density at radius 3 is 2.40 bits per heavy atom. The van der Waals surface area contributed by atoms with Gasteiger partial charge >= 0.3 is 0 Å². The molecule has 1 aromatic heterocycles. The molecule has 3 rings (SSSR count). The van der Waals surface area contributed by atoms with Crippen molar-refractivity contribution in [3.05, 3.63) is 24.3 Å². The summed E-state index contributed by atoms with van der Waals surface area (Å²) in [7, 11) is 0. The summed E-state index contributed by atoms with van der Waals surface area (Å²) in [6, 6.07) is 7.74. The van der Waals surface area contributed by atoms with Crippen LogP contribution < -0.4 is 21.7 Å². The number of carbonyl (C=O) groups excluding carboxylic acids is 1. The zero-order valence-corrected chi connectivity index (χ0v) is 14.3. The molecule has 1 fully saturated rings. The van der Waals surface area contributed by atoms with Gasteiger partial charge in [0.25, 0.3) is 0 Å². The van der Waals surface area contributed by atoms with E-state index in [0.717, 1.165) is 49.4 Å². The van der Waals surface area contributed by atoms with Gasteiger partial charge < -0.3 is 26.4 Å². The van der Waals surface area contributed by atoms with Gasteiger partial charge in [0, 0.05) is 24.5 Å². The molecule has 25 heavy (non-hydrogen) atoms. The number of benzene rings is 1.